The summed E-state index contributed by atoms with van der Waals surface area (Å²) in [7, 11) is -3.91. The predicted octanol–water partition coefficient (Wildman–Crippen LogP) is -1.64. The summed E-state index contributed by atoms with van der Waals surface area (Å²) in [6.07, 6.45) is -1.13. The Morgan fingerprint density at radius 3 is 2.67 bits per heavy atom. The highest BCUT2D eigenvalue weighted by atomic mass is 32.2. The van der Waals surface area contributed by atoms with Crippen molar-refractivity contribution in [1.82, 2.24) is 4.31 Å². The van der Waals surface area contributed by atoms with Gasteiger partial charge >= 0.3 is 5.97 Å². The largest absolute Gasteiger partial charge is 0.480 e. The molecule has 1 fully saturated rings. The van der Waals surface area contributed by atoms with Crippen molar-refractivity contribution in [3.05, 3.63) is 0 Å². The van der Waals surface area contributed by atoms with Gasteiger partial charge in [0.2, 0.25) is 10.0 Å². The van der Waals surface area contributed by atoms with Crippen molar-refractivity contribution in [3.8, 4) is 6.07 Å². The summed E-state index contributed by atoms with van der Waals surface area (Å²) < 4.78 is 23.5. The summed E-state index contributed by atoms with van der Waals surface area (Å²) in [4.78, 5) is 10.7. The Hall–Kier alpha value is -1.17. The van der Waals surface area contributed by atoms with E-state index in [1.807, 2.05) is 0 Å². The lowest BCUT2D eigenvalue weighted by molar-refractivity contribution is -0.140. The zero-order valence-corrected chi connectivity index (χ0v) is 8.51. The smallest absolute Gasteiger partial charge is 0.322 e. The van der Waals surface area contributed by atoms with Crippen molar-refractivity contribution in [3.63, 3.8) is 0 Å². The van der Waals surface area contributed by atoms with Crippen molar-refractivity contribution < 1.29 is 23.4 Å². The Morgan fingerprint density at radius 1 is 1.60 bits per heavy atom. The molecule has 0 aliphatic carbocycles. The lowest BCUT2D eigenvalue weighted by Gasteiger charge is -2.18. The monoisotopic (exact) mass is 234 g/mol. The van der Waals surface area contributed by atoms with Gasteiger partial charge in [-0.25, -0.2) is 8.42 Å². The summed E-state index contributed by atoms with van der Waals surface area (Å²) >= 11 is 0. The van der Waals surface area contributed by atoms with Crippen molar-refractivity contribution in [2.24, 2.45) is 0 Å². The maximum absolute atomic E-state index is 11.4. The molecule has 84 valence electrons. The number of hydrogen-bond donors (Lipinski definition) is 2. The summed E-state index contributed by atoms with van der Waals surface area (Å²) in [6.45, 7) is -0.263. The molecule has 1 heterocycles. The molecule has 0 amide bonds. The molecule has 0 saturated carbocycles. The van der Waals surface area contributed by atoms with E-state index in [1.165, 1.54) is 6.07 Å². The van der Waals surface area contributed by atoms with Crippen LogP contribution in [0.2, 0.25) is 0 Å². The first-order chi connectivity index (χ1) is 6.88. The van der Waals surface area contributed by atoms with Crippen molar-refractivity contribution in [2.75, 3.05) is 12.3 Å². The molecular weight excluding hydrogens is 224 g/mol. The number of sulfonamides is 1. The molecule has 2 N–H and O–H groups in total. The van der Waals surface area contributed by atoms with Crippen LogP contribution in [0.1, 0.15) is 6.42 Å². The van der Waals surface area contributed by atoms with E-state index in [-0.39, 0.29) is 13.0 Å². The fourth-order valence-corrected chi connectivity index (χ4v) is 2.77. The molecule has 1 aliphatic rings. The average molecular weight is 234 g/mol. The second-order valence-electron chi connectivity index (χ2n) is 3.23. The summed E-state index contributed by atoms with van der Waals surface area (Å²) in [5.41, 5.74) is 0. The highest BCUT2D eigenvalue weighted by Crippen LogP contribution is 2.21. The molecule has 0 bridgehead atoms. The maximum atomic E-state index is 11.4. The fourth-order valence-electron chi connectivity index (χ4n) is 1.48. The van der Waals surface area contributed by atoms with Crippen LogP contribution in [-0.4, -0.2) is 53.3 Å². The average Bonchev–Trinajstić information content (AvgIpc) is 2.47. The molecule has 1 saturated heterocycles. The van der Waals surface area contributed by atoms with Gasteiger partial charge in [-0.2, -0.15) is 9.57 Å². The molecule has 0 radical (unpaired) electrons. The molecule has 2 atom stereocenters. The van der Waals surface area contributed by atoms with Crippen LogP contribution in [0, 0.1) is 11.3 Å². The Kier molecular flexibility index (Phi) is 3.28. The van der Waals surface area contributed by atoms with E-state index in [4.69, 9.17) is 10.4 Å². The van der Waals surface area contributed by atoms with Crippen molar-refractivity contribution in [2.45, 2.75) is 18.6 Å². The van der Waals surface area contributed by atoms with Crippen LogP contribution in [0.5, 0.6) is 0 Å². The lowest BCUT2D eigenvalue weighted by Crippen LogP contribution is -2.41. The third-order valence-corrected chi connectivity index (χ3v) is 3.74. The highest BCUT2D eigenvalue weighted by molar-refractivity contribution is 7.89. The molecule has 0 spiro atoms. The normalized spacial score (nSPS) is 27.5. The van der Waals surface area contributed by atoms with Gasteiger partial charge in [0.25, 0.3) is 0 Å². The van der Waals surface area contributed by atoms with Crippen LogP contribution >= 0.6 is 0 Å². The first-order valence-electron chi connectivity index (χ1n) is 4.16. The minimum absolute atomic E-state index is 0.139. The Bertz CT molecular complexity index is 398. The first kappa shape index (κ1) is 11.9. The van der Waals surface area contributed by atoms with E-state index in [0.29, 0.717) is 4.31 Å². The third-order valence-electron chi connectivity index (χ3n) is 2.12. The van der Waals surface area contributed by atoms with Gasteiger partial charge in [0.15, 0.2) is 5.75 Å². The number of aliphatic hydroxyl groups excluding tert-OH is 1. The molecule has 7 nitrogen and oxygen atoms in total. The maximum Gasteiger partial charge on any atom is 0.322 e. The van der Waals surface area contributed by atoms with E-state index >= 15 is 0 Å². The Balaban J connectivity index is 2.95. The Labute approximate surface area is 86.6 Å². The van der Waals surface area contributed by atoms with Crippen LogP contribution in [0.25, 0.3) is 0 Å². The van der Waals surface area contributed by atoms with E-state index in [9.17, 15) is 18.3 Å². The fraction of sp³-hybridized carbons (Fsp3) is 0.714. The van der Waals surface area contributed by atoms with Gasteiger partial charge in [0.05, 0.1) is 12.2 Å². The standard InChI is InChI=1S/C7H10N2O5S/c8-1-2-15(13,14)9-4-5(10)3-6(9)7(11)12/h5-6,10H,2-4H2,(H,11,12)/t5?,6-/m0/s1. The van der Waals surface area contributed by atoms with E-state index in [0.717, 1.165) is 0 Å². The van der Waals surface area contributed by atoms with Crippen molar-refractivity contribution in [1.29, 1.82) is 5.26 Å². The number of carboxylic acids is 1. The van der Waals surface area contributed by atoms with Crippen LogP contribution in [0.15, 0.2) is 0 Å². The molecule has 0 aromatic heterocycles. The van der Waals surface area contributed by atoms with Gasteiger partial charge in [-0.3, -0.25) is 4.79 Å². The van der Waals surface area contributed by atoms with Gasteiger partial charge in [0, 0.05) is 13.0 Å². The number of aliphatic hydroxyl groups is 1. The molecule has 1 rings (SSSR count). The molecule has 1 unspecified atom stereocenters. The SMILES string of the molecule is N#CCS(=O)(=O)N1CC(O)C[C@H]1C(=O)O. The van der Waals surface area contributed by atoms with E-state index < -0.39 is 33.9 Å². The molecule has 0 aromatic rings. The third kappa shape index (κ3) is 2.44. The molecule has 1 aliphatic heterocycles. The van der Waals surface area contributed by atoms with Crippen LogP contribution in [0.3, 0.4) is 0 Å². The van der Waals surface area contributed by atoms with Gasteiger partial charge in [-0.15, -0.1) is 0 Å². The molecule has 8 heteroatoms. The van der Waals surface area contributed by atoms with Gasteiger partial charge in [-0.05, 0) is 0 Å². The van der Waals surface area contributed by atoms with Gasteiger partial charge in [0.1, 0.15) is 6.04 Å². The minimum atomic E-state index is -3.91. The number of β-amino-alcohol motifs (C(OH)–C–C–N with tert-alkyl or cyclic N) is 1. The van der Waals surface area contributed by atoms with Gasteiger partial charge < -0.3 is 10.2 Å². The number of aliphatic carboxylic acids is 1. The number of nitrogens with zero attached hydrogens (tertiary/aromatic N) is 2. The zero-order valence-electron chi connectivity index (χ0n) is 7.70. The number of carboxylic acid groups (broad SMARTS) is 1. The Morgan fingerprint density at radius 2 is 2.20 bits per heavy atom. The van der Waals surface area contributed by atoms with Crippen LogP contribution in [0.4, 0.5) is 0 Å². The number of rotatable bonds is 3. The quantitative estimate of drug-likeness (QED) is 0.604. The second kappa shape index (κ2) is 4.14. The van der Waals surface area contributed by atoms with Crippen molar-refractivity contribution >= 4 is 16.0 Å². The van der Waals surface area contributed by atoms with E-state index in [1.54, 1.807) is 0 Å². The topological polar surface area (TPSA) is 119 Å². The number of carbonyl (C=O) groups is 1. The molecule has 0 aromatic carbocycles. The van der Waals surface area contributed by atoms with E-state index in [2.05, 4.69) is 0 Å². The highest BCUT2D eigenvalue weighted by Gasteiger charge is 2.42. The van der Waals surface area contributed by atoms with Crippen LogP contribution < -0.4 is 0 Å². The molecule has 15 heavy (non-hydrogen) atoms. The zero-order chi connectivity index (χ0) is 11.6. The minimum Gasteiger partial charge on any atom is -0.480 e. The second-order valence-corrected chi connectivity index (χ2v) is 5.15. The summed E-state index contributed by atoms with van der Waals surface area (Å²) in [6, 6.07) is 0.190. The predicted molar refractivity (Wildman–Crippen MR) is 48.2 cm³/mol. The van der Waals surface area contributed by atoms with Crippen LogP contribution in [-0.2, 0) is 14.8 Å². The lowest BCUT2D eigenvalue weighted by atomic mass is 10.2. The first-order valence-corrected chi connectivity index (χ1v) is 5.76. The number of hydrogen-bond acceptors (Lipinski definition) is 5. The number of nitriles is 1. The molecular formula is C7H10N2O5S. The summed E-state index contributed by atoms with van der Waals surface area (Å²) in [5.74, 6) is -2.09. The van der Waals surface area contributed by atoms with Gasteiger partial charge in [-0.1, -0.05) is 0 Å². The summed E-state index contributed by atoms with van der Waals surface area (Å²) in [5, 5.41) is 26.2.